The molecule has 2 N–H and O–H groups in total. The first-order valence-corrected chi connectivity index (χ1v) is 6.42. The predicted molar refractivity (Wildman–Crippen MR) is 54.7 cm³/mol. The van der Waals surface area contributed by atoms with Crippen molar-refractivity contribution in [2.75, 3.05) is 18.6 Å². The van der Waals surface area contributed by atoms with Gasteiger partial charge < -0.3 is 5.32 Å². The highest BCUT2D eigenvalue weighted by Crippen LogP contribution is 2.00. The Morgan fingerprint density at radius 1 is 1.57 bits per heavy atom. The van der Waals surface area contributed by atoms with E-state index in [0.717, 1.165) is 11.3 Å². The lowest BCUT2D eigenvalue weighted by molar-refractivity contribution is 0.596. The molecule has 1 aromatic rings. The summed E-state index contributed by atoms with van der Waals surface area (Å²) in [4.78, 5) is 0. The Labute approximate surface area is 83.8 Å². The van der Waals surface area contributed by atoms with Crippen LogP contribution in [0, 0.1) is 6.92 Å². The zero-order chi connectivity index (χ0) is 10.6. The van der Waals surface area contributed by atoms with Gasteiger partial charge in [-0.05, 0) is 6.92 Å². The number of aromatic amines is 1. The molecule has 0 amide bonds. The quantitative estimate of drug-likeness (QED) is 0.673. The first-order valence-electron chi connectivity index (χ1n) is 4.36. The summed E-state index contributed by atoms with van der Waals surface area (Å²) in [5.41, 5.74) is 2.08. The fourth-order valence-electron chi connectivity index (χ4n) is 1.03. The first kappa shape index (κ1) is 11.2. The van der Waals surface area contributed by atoms with Crippen LogP contribution in [0.3, 0.4) is 0 Å². The van der Waals surface area contributed by atoms with Crippen LogP contribution in [-0.4, -0.2) is 37.2 Å². The lowest BCUT2D eigenvalue weighted by Crippen LogP contribution is -2.22. The van der Waals surface area contributed by atoms with E-state index in [1.807, 2.05) is 6.92 Å². The van der Waals surface area contributed by atoms with Crippen LogP contribution in [0.25, 0.3) is 0 Å². The number of H-pyrrole nitrogens is 1. The second-order valence-corrected chi connectivity index (χ2v) is 5.59. The van der Waals surface area contributed by atoms with Crippen LogP contribution in [0.1, 0.15) is 11.3 Å². The van der Waals surface area contributed by atoms with Crippen LogP contribution in [0.4, 0.5) is 0 Å². The van der Waals surface area contributed by atoms with E-state index >= 15 is 0 Å². The van der Waals surface area contributed by atoms with Crippen molar-refractivity contribution in [3.05, 3.63) is 17.5 Å². The van der Waals surface area contributed by atoms with Crippen molar-refractivity contribution in [3.8, 4) is 0 Å². The second kappa shape index (κ2) is 4.56. The molecule has 0 bridgehead atoms. The highest BCUT2D eigenvalue weighted by molar-refractivity contribution is 7.90. The summed E-state index contributed by atoms with van der Waals surface area (Å²) in [5, 5.41) is 9.73. The third-order valence-electron chi connectivity index (χ3n) is 1.90. The number of nitrogens with zero attached hydrogens (tertiary/aromatic N) is 1. The maximum absolute atomic E-state index is 10.8. The maximum atomic E-state index is 10.8. The zero-order valence-electron chi connectivity index (χ0n) is 8.37. The molecule has 14 heavy (non-hydrogen) atoms. The standard InChI is InChI=1S/C8H15N3O2S/c1-7-8(6-10-11-7)5-9-3-4-14(2,12)13/h6,9H,3-5H2,1-2H3,(H,10,11). The normalized spacial score (nSPS) is 11.9. The summed E-state index contributed by atoms with van der Waals surface area (Å²) in [5.74, 6) is 0.171. The van der Waals surface area contributed by atoms with Gasteiger partial charge in [0.05, 0.1) is 11.9 Å². The van der Waals surface area contributed by atoms with E-state index in [2.05, 4.69) is 15.5 Å². The monoisotopic (exact) mass is 217 g/mol. The van der Waals surface area contributed by atoms with Crippen molar-refractivity contribution < 1.29 is 8.42 Å². The summed E-state index contributed by atoms with van der Waals surface area (Å²) in [6, 6.07) is 0. The number of nitrogens with one attached hydrogen (secondary N) is 2. The molecule has 1 rings (SSSR count). The Hall–Kier alpha value is -0.880. The van der Waals surface area contributed by atoms with Crippen molar-refractivity contribution in [2.24, 2.45) is 0 Å². The Kier molecular flexibility index (Phi) is 3.65. The Bertz CT molecular complexity index is 383. The molecule has 0 radical (unpaired) electrons. The van der Waals surface area contributed by atoms with Crippen molar-refractivity contribution in [3.63, 3.8) is 0 Å². The summed E-state index contributed by atoms with van der Waals surface area (Å²) in [6.07, 6.45) is 2.97. The van der Waals surface area contributed by atoms with Crippen molar-refractivity contribution >= 4 is 9.84 Å². The lowest BCUT2D eigenvalue weighted by Gasteiger charge is -2.02. The molecule has 0 fully saturated rings. The third-order valence-corrected chi connectivity index (χ3v) is 2.85. The largest absolute Gasteiger partial charge is 0.312 e. The molecule has 0 saturated heterocycles. The Balaban J connectivity index is 2.26. The van der Waals surface area contributed by atoms with Crippen LogP contribution in [0.15, 0.2) is 6.20 Å². The van der Waals surface area contributed by atoms with E-state index in [-0.39, 0.29) is 5.75 Å². The zero-order valence-corrected chi connectivity index (χ0v) is 9.19. The van der Waals surface area contributed by atoms with Crippen LogP contribution in [0.5, 0.6) is 0 Å². The lowest BCUT2D eigenvalue weighted by atomic mass is 10.3. The number of aryl methyl sites for hydroxylation is 1. The minimum absolute atomic E-state index is 0.171. The summed E-state index contributed by atoms with van der Waals surface area (Å²) in [6.45, 7) is 3.06. The Morgan fingerprint density at radius 2 is 2.29 bits per heavy atom. The van der Waals surface area contributed by atoms with Crippen LogP contribution in [0.2, 0.25) is 0 Å². The van der Waals surface area contributed by atoms with Crippen molar-refractivity contribution in [2.45, 2.75) is 13.5 Å². The highest BCUT2D eigenvalue weighted by Gasteiger charge is 2.02. The van der Waals surface area contributed by atoms with Gasteiger partial charge in [-0.1, -0.05) is 0 Å². The minimum Gasteiger partial charge on any atom is -0.312 e. The molecule has 6 heteroatoms. The molecule has 0 atom stereocenters. The van der Waals surface area contributed by atoms with Gasteiger partial charge in [0.15, 0.2) is 0 Å². The van der Waals surface area contributed by atoms with E-state index < -0.39 is 9.84 Å². The molecule has 0 aliphatic carbocycles. The van der Waals surface area contributed by atoms with Gasteiger partial charge >= 0.3 is 0 Å². The maximum Gasteiger partial charge on any atom is 0.148 e. The molecule has 0 spiro atoms. The minimum atomic E-state index is -2.86. The van der Waals surface area contributed by atoms with Gasteiger partial charge in [-0.3, -0.25) is 5.10 Å². The van der Waals surface area contributed by atoms with Crippen molar-refractivity contribution in [1.82, 2.24) is 15.5 Å². The molecular formula is C8H15N3O2S. The average Bonchev–Trinajstić information content (AvgIpc) is 2.44. The van der Waals surface area contributed by atoms with Gasteiger partial charge in [-0.25, -0.2) is 8.42 Å². The van der Waals surface area contributed by atoms with Gasteiger partial charge in [0.2, 0.25) is 0 Å². The number of sulfone groups is 1. The van der Waals surface area contributed by atoms with E-state index in [9.17, 15) is 8.42 Å². The third kappa shape index (κ3) is 3.89. The van der Waals surface area contributed by atoms with Crippen molar-refractivity contribution in [1.29, 1.82) is 0 Å². The van der Waals surface area contributed by atoms with Crippen LogP contribution >= 0.6 is 0 Å². The molecule has 80 valence electrons. The SMILES string of the molecule is Cc1[nH]ncc1CNCCS(C)(=O)=O. The van der Waals surface area contributed by atoms with Gasteiger partial charge in [0.1, 0.15) is 9.84 Å². The smallest absolute Gasteiger partial charge is 0.148 e. The first-order chi connectivity index (χ1) is 6.49. The molecule has 0 aromatic carbocycles. The predicted octanol–water partition coefficient (Wildman–Crippen LogP) is -0.148. The van der Waals surface area contributed by atoms with E-state index in [0.29, 0.717) is 13.1 Å². The summed E-state index contributed by atoms with van der Waals surface area (Å²) in [7, 11) is -2.86. The van der Waals surface area contributed by atoms with Crippen LogP contribution < -0.4 is 5.32 Å². The molecule has 0 unspecified atom stereocenters. The fourth-order valence-corrected chi connectivity index (χ4v) is 1.55. The molecular weight excluding hydrogens is 202 g/mol. The average molecular weight is 217 g/mol. The summed E-state index contributed by atoms with van der Waals surface area (Å²) >= 11 is 0. The molecule has 0 aliphatic heterocycles. The van der Waals surface area contributed by atoms with E-state index in [1.165, 1.54) is 6.26 Å². The van der Waals surface area contributed by atoms with E-state index in [1.54, 1.807) is 6.20 Å². The topological polar surface area (TPSA) is 74.8 Å². The fraction of sp³-hybridized carbons (Fsp3) is 0.625. The molecule has 5 nitrogen and oxygen atoms in total. The number of aromatic nitrogens is 2. The highest BCUT2D eigenvalue weighted by atomic mass is 32.2. The summed E-state index contributed by atoms with van der Waals surface area (Å²) < 4.78 is 21.6. The van der Waals surface area contributed by atoms with Crippen LogP contribution in [-0.2, 0) is 16.4 Å². The Morgan fingerprint density at radius 3 is 2.79 bits per heavy atom. The second-order valence-electron chi connectivity index (χ2n) is 3.33. The molecule has 1 heterocycles. The van der Waals surface area contributed by atoms with Gasteiger partial charge in [-0.15, -0.1) is 0 Å². The molecule has 0 saturated carbocycles. The number of hydrogen-bond donors (Lipinski definition) is 2. The van der Waals surface area contributed by atoms with E-state index in [4.69, 9.17) is 0 Å². The number of rotatable bonds is 5. The van der Waals surface area contributed by atoms with Gasteiger partial charge in [0, 0.05) is 30.6 Å². The molecule has 1 aromatic heterocycles. The van der Waals surface area contributed by atoms with Gasteiger partial charge in [0.25, 0.3) is 0 Å². The van der Waals surface area contributed by atoms with Gasteiger partial charge in [-0.2, -0.15) is 5.10 Å². The molecule has 0 aliphatic rings. The number of hydrogen-bond acceptors (Lipinski definition) is 4.